The van der Waals surface area contributed by atoms with Gasteiger partial charge in [-0.3, -0.25) is 0 Å². The molecule has 2 aromatic rings. The first-order valence-corrected chi connectivity index (χ1v) is 7.27. The lowest BCUT2D eigenvalue weighted by Gasteiger charge is -2.31. The summed E-state index contributed by atoms with van der Waals surface area (Å²) in [5.74, 6) is 0.332. The molecular formula is C15H20FN3O. The molecule has 5 heteroatoms. The Morgan fingerprint density at radius 2 is 2.40 bits per heavy atom. The number of piperidine rings is 1. The fourth-order valence-corrected chi connectivity index (χ4v) is 2.81. The predicted molar refractivity (Wildman–Crippen MR) is 77.3 cm³/mol. The number of nitrogens with one attached hydrogen (secondary N) is 1. The molecule has 3 rings (SSSR count). The van der Waals surface area contributed by atoms with Gasteiger partial charge in [0, 0.05) is 19.2 Å². The van der Waals surface area contributed by atoms with Crippen molar-refractivity contribution in [2.75, 3.05) is 31.5 Å². The van der Waals surface area contributed by atoms with Crippen LogP contribution in [-0.4, -0.2) is 36.1 Å². The first-order chi connectivity index (χ1) is 9.74. The third kappa shape index (κ3) is 2.93. The van der Waals surface area contributed by atoms with Crippen molar-refractivity contribution in [2.45, 2.75) is 19.8 Å². The summed E-state index contributed by atoms with van der Waals surface area (Å²) in [6.07, 6.45) is 2.48. The Morgan fingerprint density at radius 3 is 3.25 bits per heavy atom. The number of rotatable bonds is 4. The highest BCUT2D eigenvalue weighted by Crippen LogP contribution is 2.21. The molecule has 0 radical (unpaired) electrons. The maximum absolute atomic E-state index is 13.1. The highest BCUT2D eigenvalue weighted by atomic mass is 19.1. The fourth-order valence-electron chi connectivity index (χ4n) is 2.81. The van der Waals surface area contributed by atoms with Crippen molar-refractivity contribution in [2.24, 2.45) is 5.92 Å². The lowest BCUT2D eigenvalue weighted by molar-refractivity contribution is 0.188. The van der Waals surface area contributed by atoms with E-state index in [4.69, 9.17) is 4.42 Å². The second-order valence-electron chi connectivity index (χ2n) is 5.41. The zero-order valence-electron chi connectivity index (χ0n) is 11.7. The summed E-state index contributed by atoms with van der Waals surface area (Å²) < 4.78 is 18.7. The Hall–Kier alpha value is -1.62. The summed E-state index contributed by atoms with van der Waals surface area (Å²) in [7, 11) is 0. The van der Waals surface area contributed by atoms with Crippen molar-refractivity contribution in [3.63, 3.8) is 0 Å². The van der Waals surface area contributed by atoms with E-state index in [2.05, 4.69) is 22.1 Å². The van der Waals surface area contributed by atoms with E-state index in [1.165, 1.54) is 31.5 Å². The highest BCUT2D eigenvalue weighted by molar-refractivity contribution is 5.74. The topological polar surface area (TPSA) is 41.3 Å². The van der Waals surface area contributed by atoms with Crippen molar-refractivity contribution in [3.8, 4) is 0 Å². The number of fused-ring (bicyclic) bond motifs is 1. The van der Waals surface area contributed by atoms with Crippen LogP contribution in [0.4, 0.5) is 10.4 Å². The van der Waals surface area contributed by atoms with E-state index < -0.39 is 0 Å². The van der Waals surface area contributed by atoms with Gasteiger partial charge >= 0.3 is 0 Å². The van der Waals surface area contributed by atoms with Gasteiger partial charge in [0.2, 0.25) is 0 Å². The molecule has 1 fully saturated rings. The number of benzene rings is 1. The lowest BCUT2D eigenvalue weighted by Crippen LogP contribution is -2.37. The minimum absolute atomic E-state index is 0.289. The van der Waals surface area contributed by atoms with Gasteiger partial charge in [-0.1, -0.05) is 6.92 Å². The summed E-state index contributed by atoms with van der Waals surface area (Å²) in [6, 6.07) is 4.88. The largest absolute Gasteiger partial charge is 0.424 e. The van der Waals surface area contributed by atoms with Crippen molar-refractivity contribution in [1.82, 2.24) is 9.88 Å². The molecule has 1 aliphatic rings. The third-order valence-electron chi connectivity index (χ3n) is 3.94. The van der Waals surface area contributed by atoms with Gasteiger partial charge in [-0.25, -0.2) is 4.39 Å². The molecule has 0 bridgehead atoms. The summed E-state index contributed by atoms with van der Waals surface area (Å²) in [5, 5.41) is 3.24. The van der Waals surface area contributed by atoms with E-state index in [1.807, 2.05) is 0 Å². The zero-order valence-corrected chi connectivity index (χ0v) is 11.7. The maximum Gasteiger partial charge on any atom is 0.295 e. The molecule has 1 N–H and O–H groups in total. The smallest absolute Gasteiger partial charge is 0.295 e. The number of likely N-dealkylation sites (tertiary alicyclic amines) is 1. The van der Waals surface area contributed by atoms with Gasteiger partial charge in [0.05, 0.1) is 0 Å². The van der Waals surface area contributed by atoms with Crippen LogP contribution in [0.2, 0.25) is 0 Å². The van der Waals surface area contributed by atoms with Crippen LogP contribution in [0.15, 0.2) is 22.6 Å². The molecule has 0 amide bonds. The molecule has 2 heterocycles. The molecule has 1 aromatic heterocycles. The van der Waals surface area contributed by atoms with Crippen molar-refractivity contribution >= 4 is 17.1 Å². The molecule has 20 heavy (non-hydrogen) atoms. The van der Waals surface area contributed by atoms with Gasteiger partial charge in [0.1, 0.15) is 11.3 Å². The van der Waals surface area contributed by atoms with Crippen molar-refractivity contribution < 1.29 is 8.81 Å². The Balaban J connectivity index is 1.62. The lowest BCUT2D eigenvalue weighted by atomic mass is 9.98. The monoisotopic (exact) mass is 277 g/mol. The molecule has 1 atom stereocenters. The van der Waals surface area contributed by atoms with E-state index in [0.29, 0.717) is 23.0 Å². The van der Waals surface area contributed by atoms with Gasteiger partial charge in [-0.2, -0.15) is 4.98 Å². The number of nitrogens with zero attached hydrogens (tertiary/aromatic N) is 2. The van der Waals surface area contributed by atoms with Gasteiger partial charge in [-0.05, 0) is 44.0 Å². The second-order valence-corrected chi connectivity index (χ2v) is 5.41. The first-order valence-electron chi connectivity index (χ1n) is 7.27. The number of halogens is 1. The van der Waals surface area contributed by atoms with E-state index in [1.54, 1.807) is 6.07 Å². The maximum atomic E-state index is 13.1. The number of hydrogen-bond acceptors (Lipinski definition) is 4. The van der Waals surface area contributed by atoms with E-state index in [9.17, 15) is 4.39 Å². The van der Waals surface area contributed by atoms with Crippen LogP contribution in [0.3, 0.4) is 0 Å². The number of oxazole rings is 1. The van der Waals surface area contributed by atoms with Crippen LogP contribution in [0.25, 0.3) is 11.1 Å². The second kappa shape index (κ2) is 5.79. The summed E-state index contributed by atoms with van der Waals surface area (Å²) in [5.41, 5.74) is 1.18. The molecular weight excluding hydrogens is 257 g/mol. The van der Waals surface area contributed by atoms with Gasteiger partial charge in [0.25, 0.3) is 6.01 Å². The fraction of sp³-hybridized carbons (Fsp3) is 0.533. The standard InChI is InChI=1S/C15H20FN3O/c1-2-19-7-3-4-11(10-19)9-17-15-18-13-8-12(16)5-6-14(13)20-15/h5-6,8,11H,2-4,7,9-10H2,1H3,(H,17,18). The third-order valence-corrected chi connectivity index (χ3v) is 3.94. The number of aromatic nitrogens is 1. The van der Waals surface area contributed by atoms with E-state index >= 15 is 0 Å². The van der Waals surface area contributed by atoms with Gasteiger partial charge in [0.15, 0.2) is 5.58 Å². The molecule has 4 nitrogen and oxygen atoms in total. The van der Waals surface area contributed by atoms with Crippen LogP contribution in [0.5, 0.6) is 0 Å². The number of hydrogen-bond donors (Lipinski definition) is 1. The Labute approximate surface area is 118 Å². The Kier molecular flexibility index (Phi) is 3.87. The summed E-state index contributed by atoms with van der Waals surface area (Å²) in [4.78, 5) is 6.74. The summed E-state index contributed by atoms with van der Waals surface area (Å²) >= 11 is 0. The molecule has 1 saturated heterocycles. The van der Waals surface area contributed by atoms with Crippen molar-refractivity contribution in [1.29, 1.82) is 0 Å². The quantitative estimate of drug-likeness (QED) is 0.932. The Morgan fingerprint density at radius 1 is 1.50 bits per heavy atom. The predicted octanol–water partition coefficient (Wildman–Crippen LogP) is 3.11. The molecule has 0 saturated carbocycles. The SMILES string of the molecule is CCN1CCCC(CNc2nc3cc(F)ccc3o2)C1. The molecule has 0 spiro atoms. The molecule has 0 aliphatic carbocycles. The van der Waals surface area contributed by atoms with Crippen LogP contribution in [0.1, 0.15) is 19.8 Å². The van der Waals surface area contributed by atoms with Crippen LogP contribution in [-0.2, 0) is 0 Å². The van der Waals surface area contributed by atoms with Crippen LogP contribution in [0, 0.1) is 11.7 Å². The minimum Gasteiger partial charge on any atom is -0.424 e. The number of anilines is 1. The van der Waals surface area contributed by atoms with E-state index in [0.717, 1.165) is 19.6 Å². The highest BCUT2D eigenvalue weighted by Gasteiger charge is 2.19. The molecule has 1 aromatic carbocycles. The minimum atomic E-state index is -0.289. The van der Waals surface area contributed by atoms with Crippen LogP contribution >= 0.6 is 0 Å². The zero-order chi connectivity index (χ0) is 13.9. The molecule has 1 aliphatic heterocycles. The van der Waals surface area contributed by atoms with Crippen molar-refractivity contribution in [3.05, 3.63) is 24.0 Å². The molecule has 108 valence electrons. The van der Waals surface area contributed by atoms with Gasteiger partial charge in [-0.15, -0.1) is 0 Å². The molecule has 1 unspecified atom stereocenters. The summed E-state index contributed by atoms with van der Waals surface area (Å²) in [6.45, 7) is 6.49. The average molecular weight is 277 g/mol. The first kappa shape index (κ1) is 13.4. The van der Waals surface area contributed by atoms with Gasteiger partial charge < -0.3 is 14.6 Å². The average Bonchev–Trinajstić information content (AvgIpc) is 2.87. The Bertz CT molecular complexity index is 584. The normalized spacial score (nSPS) is 20.4. The van der Waals surface area contributed by atoms with E-state index in [-0.39, 0.29) is 5.82 Å². The van der Waals surface area contributed by atoms with Crippen LogP contribution < -0.4 is 5.32 Å².